The van der Waals surface area contributed by atoms with Crippen molar-refractivity contribution in [3.8, 4) is 11.1 Å². The van der Waals surface area contributed by atoms with E-state index < -0.39 is 0 Å². The van der Waals surface area contributed by atoms with E-state index in [1.807, 2.05) is 12.1 Å². The van der Waals surface area contributed by atoms with Gasteiger partial charge in [-0.3, -0.25) is 4.99 Å². The van der Waals surface area contributed by atoms with Crippen LogP contribution >= 0.6 is 0 Å². The highest BCUT2D eigenvalue weighted by Gasteiger charge is 2.48. The first-order valence-electron chi connectivity index (χ1n) is 13.6. The molecule has 39 heavy (non-hydrogen) atoms. The maximum absolute atomic E-state index is 6.12. The summed E-state index contributed by atoms with van der Waals surface area (Å²) in [5.41, 5.74) is 13.1. The van der Waals surface area contributed by atoms with Crippen molar-refractivity contribution in [3.63, 3.8) is 0 Å². The minimum atomic E-state index is 0.370. The number of allylic oxidation sites excluding steroid dienone is 1. The molecular weight excluding hydrogens is 476 g/mol. The van der Waals surface area contributed by atoms with Crippen molar-refractivity contribution >= 4 is 50.3 Å². The van der Waals surface area contributed by atoms with Crippen molar-refractivity contribution in [2.45, 2.75) is 18.4 Å². The monoisotopic (exact) mass is 500 g/mol. The summed E-state index contributed by atoms with van der Waals surface area (Å²) in [4.78, 5) is 7.71. The van der Waals surface area contributed by atoms with Gasteiger partial charge in [0.1, 0.15) is 11.2 Å². The first-order valence-corrected chi connectivity index (χ1v) is 13.6. The van der Waals surface area contributed by atoms with E-state index in [-0.39, 0.29) is 0 Å². The minimum absolute atomic E-state index is 0.370. The molecule has 3 nitrogen and oxygen atoms in total. The van der Waals surface area contributed by atoms with Crippen LogP contribution in [-0.2, 0) is 0 Å². The summed E-state index contributed by atoms with van der Waals surface area (Å²) in [6.07, 6.45) is 3.29. The Hall–Kier alpha value is -4.89. The topological polar surface area (TPSA) is 28.7 Å². The zero-order valence-electron chi connectivity index (χ0n) is 21.2. The van der Waals surface area contributed by atoms with Crippen LogP contribution in [0.1, 0.15) is 23.5 Å². The molecule has 0 amide bonds. The molecule has 0 saturated heterocycles. The lowest BCUT2D eigenvalue weighted by molar-refractivity contribution is 0.669. The lowest BCUT2D eigenvalue weighted by Crippen LogP contribution is -2.30. The van der Waals surface area contributed by atoms with E-state index in [1.165, 1.54) is 28.1 Å². The number of rotatable bonds is 2. The second-order valence-electron chi connectivity index (χ2n) is 10.8. The summed E-state index contributed by atoms with van der Waals surface area (Å²) in [6.45, 7) is 0. The van der Waals surface area contributed by atoms with Crippen LogP contribution in [0.2, 0.25) is 0 Å². The van der Waals surface area contributed by atoms with Crippen LogP contribution in [0, 0.1) is 0 Å². The molecule has 9 rings (SSSR count). The Morgan fingerprint density at radius 3 is 2.33 bits per heavy atom. The van der Waals surface area contributed by atoms with Crippen molar-refractivity contribution in [2.24, 2.45) is 4.99 Å². The van der Waals surface area contributed by atoms with Gasteiger partial charge in [-0.1, -0.05) is 72.8 Å². The predicted molar refractivity (Wildman–Crippen MR) is 160 cm³/mol. The molecule has 3 heteroatoms. The maximum atomic E-state index is 6.12. The molecule has 3 aliphatic rings. The molecule has 3 heterocycles. The zero-order chi connectivity index (χ0) is 25.5. The number of nitrogens with zero attached hydrogens (tertiary/aromatic N) is 2. The van der Waals surface area contributed by atoms with Crippen molar-refractivity contribution < 1.29 is 4.42 Å². The Bertz CT molecular complexity index is 2010. The van der Waals surface area contributed by atoms with Gasteiger partial charge >= 0.3 is 0 Å². The predicted octanol–water partition coefficient (Wildman–Crippen LogP) is 9.43. The molecule has 0 spiro atoms. The van der Waals surface area contributed by atoms with Gasteiger partial charge in [0, 0.05) is 39.3 Å². The number of benzene rings is 5. The second kappa shape index (κ2) is 7.81. The Morgan fingerprint density at radius 2 is 1.41 bits per heavy atom. The average molecular weight is 501 g/mol. The van der Waals surface area contributed by atoms with Crippen molar-refractivity contribution in [1.29, 1.82) is 0 Å². The van der Waals surface area contributed by atoms with Crippen LogP contribution in [0.5, 0.6) is 0 Å². The number of hydrogen-bond donors (Lipinski definition) is 0. The molecule has 184 valence electrons. The highest BCUT2D eigenvalue weighted by atomic mass is 16.3. The molecule has 5 aromatic carbocycles. The fourth-order valence-corrected chi connectivity index (χ4v) is 6.97. The van der Waals surface area contributed by atoms with Crippen LogP contribution < -0.4 is 4.90 Å². The van der Waals surface area contributed by atoms with Crippen LogP contribution in [-0.4, -0.2) is 11.8 Å². The van der Waals surface area contributed by atoms with Gasteiger partial charge in [-0.15, -0.1) is 0 Å². The Balaban J connectivity index is 1.09. The Morgan fingerprint density at radius 1 is 0.667 bits per heavy atom. The SMILES string of the molecule is C1=C2c3ccccc3N3c4ccccc4C(CC1=Nc1ccc(-c4ccc5c(c4)oc4ccccc45)cc1)C23. The summed E-state index contributed by atoms with van der Waals surface area (Å²) in [5, 5.41) is 2.31. The summed E-state index contributed by atoms with van der Waals surface area (Å²) < 4.78 is 6.12. The molecule has 2 aliphatic heterocycles. The molecule has 2 atom stereocenters. The van der Waals surface area contributed by atoms with E-state index in [0.29, 0.717) is 12.0 Å². The van der Waals surface area contributed by atoms with Crippen LogP contribution in [0.15, 0.2) is 131 Å². The number of anilines is 2. The average Bonchev–Trinajstić information content (AvgIpc) is 3.63. The molecule has 2 unspecified atom stereocenters. The molecule has 6 aromatic rings. The van der Waals surface area contributed by atoms with Gasteiger partial charge in [-0.05, 0) is 77.2 Å². The number of fused-ring (bicyclic) bond motifs is 9. The standard InChI is InChI=1S/C36H24N2O/c1-4-10-32-26(7-1)30-20-25(21-31-27-8-2-5-11-33(27)38(32)36(30)31)37-24-16-13-22(14-17-24)23-15-18-29-28-9-3-6-12-34(28)39-35(29)19-23/h1-20,31,36H,21H2. The van der Waals surface area contributed by atoms with Gasteiger partial charge in [0.25, 0.3) is 0 Å². The van der Waals surface area contributed by atoms with E-state index in [1.54, 1.807) is 0 Å². The van der Waals surface area contributed by atoms with Gasteiger partial charge in [-0.25, -0.2) is 0 Å². The maximum Gasteiger partial charge on any atom is 0.136 e. The van der Waals surface area contributed by atoms with Crippen molar-refractivity contribution in [3.05, 3.63) is 132 Å². The minimum Gasteiger partial charge on any atom is -0.456 e. The summed E-state index contributed by atoms with van der Waals surface area (Å²) in [7, 11) is 0. The van der Waals surface area contributed by atoms with Crippen LogP contribution in [0.3, 0.4) is 0 Å². The van der Waals surface area contributed by atoms with Crippen molar-refractivity contribution in [2.75, 3.05) is 4.90 Å². The van der Waals surface area contributed by atoms with E-state index >= 15 is 0 Å². The van der Waals surface area contributed by atoms with Crippen LogP contribution in [0.4, 0.5) is 17.1 Å². The molecule has 0 fully saturated rings. The molecule has 0 saturated carbocycles. The summed E-state index contributed by atoms with van der Waals surface area (Å²) >= 11 is 0. The summed E-state index contributed by atoms with van der Waals surface area (Å²) in [6, 6.07) is 41.4. The number of para-hydroxylation sites is 3. The molecule has 1 aromatic heterocycles. The number of furan rings is 1. The lowest BCUT2D eigenvalue weighted by atomic mass is 9.80. The van der Waals surface area contributed by atoms with Crippen LogP contribution in [0.25, 0.3) is 38.6 Å². The van der Waals surface area contributed by atoms with Crippen molar-refractivity contribution in [1.82, 2.24) is 0 Å². The fourth-order valence-electron chi connectivity index (χ4n) is 6.97. The van der Waals surface area contributed by atoms with E-state index in [2.05, 4.69) is 114 Å². The third kappa shape index (κ3) is 3.01. The van der Waals surface area contributed by atoms with Gasteiger partial charge in [0.15, 0.2) is 0 Å². The third-order valence-corrected chi connectivity index (χ3v) is 8.65. The molecule has 0 bridgehead atoms. The number of aliphatic imine (C=N–C) groups is 1. The Kier molecular flexibility index (Phi) is 4.22. The highest BCUT2D eigenvalue weighted by Crippen LogP contribution is 2.58. The number of hydrogen-bond acceptors (Lipinski definition) is 3. The smallest absolute Gasteiger partial charge is 0.136 e. The third-order valence-electron chi connectivity index (χ3n) is 8.65. The van der Waals surface area contributed by atoms with E-state index in [0.717, 1.165) is 50.9 Å². The first-order chi connectivity index (χ1) is 19.3. The molecule has 1 aliphatic carbocycles. The van der Waals surface area contributed by atoms with Gasteiger partial charge in [0.2, 0.25) is 0 Å². The Labute approximate surface area is 226 Å². The van der Waals surface area contributed by atoms with E-state index in [4.69, 9.17) is 9.41 Å². The first kappa shape index (κ1) is 21.1. The normalized spacial score (nSPS) is 19.8. The van der Waals surface area contributed by atoms with Gasteiger partial charge in [-0.2, -0.15) is 0 Å². The largest absolute Gasteiger partial charge is 0.456 e. The molecule has 0 radical (unpaired) electrons. The van der Waals surface area contributed by atoms with E-state index in [9.17, 15) is 0 Å². The van der Waals surface area contributed by atoms with Gasteiger partial charge in [0.05, 0.1) is 11.7 Å². The second-order valence-corrected chi connectivity index (χ2v) is 10.8. The zero-order valence-corrected chi connectivity index (χ0v) is 21.2. The quantitative estimate of drug-likeness (QED) is 0.237. The molecular formula is C36H24N2O. The molecule has 0 N–H and O–H groups in total. The highest BCUT2D eigenvalue weighted by molar-refractivity contribution is 6.11. The summed E-state index contributed by atoms with van der Waals surface area (Å²) in [5.74, 6) is 0.419. The van der Waals surface area contributed by atoms with Gasteiger partial charge < -0.3 is 9.32 Å². The lowest BCUT2D eigenvalue weighted by Gasteiger charge is -2.28. The fraction of sp³-hybridized carbons (Fsp3) is 0.0833.